The van der Waals surface area contributed by atoms with Gasteiger partial charge in [0.2, 0.25) is 0 Å². The first kappa shape index (κ1) is 14.5. The molecular formula is C18H32N2O. The summed E-state index contributed by atoms with van der Waals surface area (Å²) in [6, 6.07) is 1.43. The molecule has 0 heterocycles. The Balaban J connectivity index is 1.40. The average molecular weight is 292 g/mol. The van der Waals surface area contributed by atoms with Gasteiger partial charge in [0.25, 0.3) is 0 Å². The Bertz CT molecular complexity index is 348. The monoisotopic (exact) mass is 292 g/mol. The first-order chi connectivity index (χ1) is 10.3. The molecule has 4 saturated carbocycles. The van der Waals surface area contributed by atoms with E-state index in [0.717, 1.165) is 17.9 Å². The second-order valence-electron chi connectivity index (χ2n) is 8.45. The lowest BCUT2D eigenvalue weighted by molar-refractivity contribution is 0.0536. The van der Waals surface area contributed by atoms with E-state index in [-0.39, 0.29) is 5.54 Å². The topological polar surface area (TPSA) is 35.5 Å². The molecule has 3 heteroatoms. The minimum absolute atomic E-state index is 0.0371. The molecule has 21 heavy (non-hydrogen) atoms. The van der Waals surface area contributed by atoms with Gasteiger partial charge in [-0.3, -0.25) is 4.90 Å². The zero-order valence-electron chi connectivity index (χ0n) is 13.4. The maximum atomic E-state index is 10.0. The predicted octanol–water partition coefficient (Wildman–Crippen LogP) is 2.53. The minimum atomic E-state index is 0.0371. The minimum Gasteiger partial charge on any atom is -0.394 e. The molecule has 0 saturated heterocycles. The molecule has 3 nitrogen and oxygen atoms in total. The maximum Gasteiger partial charge on any atom is 0.0613 e. The third-order valence-electron chi connectivity index (χ3n) is 6.11. The fraction of sp³-hybridized carbons (Fsp3) is 1.00. The smallest absolute Gasteiger partial charge is 0.0613 e. The third-order valence-corrected chi connectivity index (χ3v) is 6.11. The number of hydrogen-bond donors (Lipinski definition) is 2. The molecule has 0 amide bonds. The zero-order chi connectivity index (χ0) is 14.3. The van der Waals surface area contributed by atoms with E-state index in [2.05, 4.69) is 10.2 Å². The summed E-state index contributed by atoms with van der Waals surface area (Å²) in [6.45, 7) is 3.01. The van der Waals surface area contributed by atoms with Crippen LogP contribution in [0.1, 0.15) is 64.2 Å². The fourth-order valence-electron chi connectivity index (χ4n) is 4.26. The highest BCUT2D eigenvalue weighted by molar-refractivity contribution is 5.01. The van der Waals surface area contributed by atoms with Crippen LogP contribution in [0, 0.1) is 11.8 Å². The molecule has 0 aromatic rings. The van der Waals surface area contributed by atoms with Crippen LogP contribution in [-0.4, -0.2) is 47.3 Å². The molecule has 0 radical (unpaired) electrons. The molecule has 4 rings (SSSR count). The highest BCUT2D eigenvalue weighted by Gasteiger charge is 2.42. The Kier molecular flexibility index (Phi) is 4.01. The van der Waals surface area contributed by atoms with Gasteiger partial charge in [0.05, 0.1) is 6.61 Å². The van der Waals surface area contributed by atoms with E-state index in [9.17, 15) is 5.11 Å². The molecule has 120 valence electrons. The number of nitrogens with one attached hydrogen (secondary N) is 1. The number of hydrogen-bond acceptors (Lipinski definition) is 3. The first-order valence-electron chi connectivity index (χ1n) is 9.39. The van der Waals surface area contributed by atoms with Gasteiger partial charge in [0.15, 0.2) is 0 Å². The summed E-state index contributed by atoms with van der Waals surface area (Å²) in [7, 11) is 0. The summed E-state index contributed by atoms with van der Waals surface area (Å²) < 4.78 is 0. The van der Waals surface area contributed by atoms with Gasteiger partial charge in [0.1, 0.15) is 0 Å². The molecule has 0 aromatic heterocycles. The van der Waals surface area contributed by atoms with Crippen molar-refractivity contribution in [3.63, 3.8) is 0 Å². The van der Waals surface area contributed by atoms with Gasteiger partial charge in [0, 0.05) is 30.7 Å². The standard InChI is InChI=1S/C18H32N2O/c21-13-18(19-16-7-8-16)9-1-2-17(10-18)20(11-14-3-4-14)12-15-5-6-15/h14-17,19,21H,1-13H2. The SMILES string of the molecule is OCC1(NC2CC2)CCCC(N(CC2CC2)CC2CC2)C1. The Morgan fingerprint density at radius 3 is 2.14 bits per heavy atom. The summed E-state index contributed by atoms with van der Waals surface area (Å²) in [5.41, 5.74) is 0.0371. The van der Waals surface area contributed by atoms with Crippen LogP contribution in [0.4, 0.5) is 0 Å². The van der Waals surface area contributed by atoms with Gasteiger partial charge in [-0.15, -0.1) is 0 Å². The highest BCUT2D eigenvalue weighted by Crippen LogP contribution is 2.39. The van der Waals surface area contributed by atoms with Crippen molar-refractivity contribution in [2.24, 2.45) is 11.8 Å². The number of aliphatic hydroxyl groups excluding tert-OH is 1. The molecule has 2 atom stereocenters. The molecule has 2 unspecified atom stereocenters. The highest BCUT2D eigenvalue weighted by atomic mass is 16.3. The summed E-state index contributed by atoms with van der Waals surface area (Å²) in [4.78, 5) is 2.83. The van der Waals surface area contributed by atoms with Crippen molar-refractivity contribution >= 4 is 0 Å². The molecular weight excluding hydrogens is 260 g/mol. The molecule has 0 spiro atoms. The second-order valence-corrected chi connectivity index (χ2v) is 8.45. The van der Waals surface area contributed by atoms with Gasteiger partial charge in [-0.2, -0.15) is 0 Å². The van der Waals surface area contributed by atoms with E-state index >= 15 is 0 Å². The number of aliphatic hydroxyl groups is 1. The molecule has 4 fully saturated rings. The van der Waals surface area contributed by atoms with Crippen LogP contribution in [0.3, 0.4) is 0 Å². The van der Waals surface area contributed by atoms with Gasteiger partial charge in [-0.05, 0) is 76.0 Å². The molecule has 4 aliphatic carbocycles. The van der Waals surface area contributed by atoms with Crippen LogP contribution in [0.5, 0.6) is 0 Å². The van der Waals surface area contributed by atoms with Crippen molar-refractivity contribution in [2.75, 3.05) is 19.7 Å². The van der Waals surface area contributed by atoms with Gasteiger partial charge in [-0.1, -0.05) is 0 Å². The lowest BCUT2D eigenvalue weighted by Crippen LogP contribution is -2.57. The summed E-state index contributed by atoms with van der Waals surface area (Å²) in [5, 5.41) is 13.8. The first-order valence-corrected chi connectivity index (χ1v) is 9.39. The molecule has 4 aliphatic rings. The van der Waals surface area contributed by atoms with Crippen LogP contribution in [-0.2, 0) is 0 Å². The van der Waals surface area contributed by atoms with E-state index in [4.69, 9.17) is 0 Å². The lowest BCUT2D eigenvalue weighted by Gasteiger charge is -2.45. The number of rotatable bonds is 8. The van der Waals surface area contributed by atoms with Crippen LogP contribution in [0.2, 0.25) is 0 Å². The van der Waals surface area contributed by atoms with E-state index in [0.29, 0.717) is 12.6 Å². The molecule has 0 aromatic carbocycles. The van der Waals surface area contributed by atoms with Crippen molar-refractivity contribution in [2.45, 2.75) is 81.8 Å². The predicted molar refractivity (Wildman–Crippen MR) is 85.3 cm³/mol. The van der Waals surface area contributed by atoms with Crippen LogP contribution in [0.15, 0.2) is 0 Å². The van der Waals surface area contributed by atoms with Gasteiger partial charge in [-0.25, -0.2) is 0 Å². The van der Waals surface area contributed by atoms with Crippen molar-refractivity contribution in [1.82, 2.24) is 10.2 Å². The van der Waals surface area contributed by atoms with Gasteiger partial charge < -0.3 is 10.4 Å². The van der Waals surface area contributed by atoms with E-state index in [1.54, 1.807) is 0 Å². The Morgan fingerprint density at radius 1 is 0.952 bits per heavy atom. The Labute approximate surface area is 129 Å². The van der Waals surface area contributed by atoms with Crippen LogP contribution in [0.25, 0.3) is 0 Å². The number of nitrogens with zero attached hydrogens (tertiary/aromatic N) is 1. The Hall–Kier alpha value is -0.120. The summed E-state index contributed by atoms with van der Waals surface area (Å²) >= 11 is 0. The fourth-order valence-corrected chi connectivity index (χ4v) is 4.26. The van der Waals surface area contributed by atoms with Crippen LogP contribution >= 0.6 is 0 Å². The maximum absolute atomic E-state index is 10.0. The summed E-state index contributed by atoms with van der Waals surface area (Å²) in [6.07, 6.45) is 13.5. The lowest BCUT2D eigenvalue weighted by atomic mass is 9.78. The largest absolute Gasteiger partial charge is 0.394 e. The normalized spacial score (nSPS) is 37.1. The quantitative estimate of drug-likeness (QED) is 0.721. The third kappa shape index (κ3) is 3.80. The van der Waals surface area contributed by atoms with E-state index in [1.807, 2.05) is 0 Å². The van der Waals surface area contributed by atoms with Crippen molar-refractivity contribution in [1.29, 1.82) is 0 Å². The second kappa shape index (κ2) is 5.82. The van der Waals surface area contributed by atoms with Crippen molar-refractivity contribution < 1.29 is 5.11 Å². The van der Waals surface area contributed by atoms with Crippen molar-refractivity contribution in [3.8, 4) is 0 Å². The summed E-state index contributed by atoms with van der Waals surface area (Å²) in [5.74, 6) is 1.98. The van der Waals surface area contributed by atoms with Crippen LogP contribution < -0.4 is 5.32 Å². The Morgan fingerprint density at radius 2 is 1.62 bits per heavy atom. The zero-order valence-corrected chi connectivity index (χ0v) is 13.4. The average Bonchev–Trinajstić information content (AvgIpc) is 3.34. The van der Waals surface area contributed by atoms with Crippen molar-refractivity contribution in [3.05, 3.63) is 0 Å². The van der Waals surface area contributed by atoms with E-state index in [1.165, 1.54) is 77.3 Å². The van der Waals surface area contributed by atoms with E-state index < -0.39 is 0 Å². The molecule has 2 N–H and O–H groups in total. The molecule has 0 aliphatic heterocycles. The van der Waals surface area contributed by atoms with Gasteiger partial charge >= 0.3 is 0 Å². The molecule has 0 bridgehead atoms.